The molecule has 0 unspecified atom stereocenters. The van der Waals surface area contributed by atoms with Crippen molar-refractivity contribution < 1.29 is 8.91 Å². The summed E-state index contributed by atoms with van der Waals surface area (Å²) in [5.74, 6) is -0.319. The van der Waals surface area contributed by atoms with E-state index in [4.69, 9.17) is 10.3 Å². The van der Waals surface area contributed by atoms with Crippen molar-refractivity contribution in [3.05, 3.63) is 30.1 Å². The van der Waals surface area contributed by atoms with Gasteiger partial charge in [0, 0.05) is 0 Å². The lowest BCUT2D eigenvalue weighted by molar-refractivity contribution is 0.430. The van der Waals surface area contributed by atoms with Gasteiger partial charge in [-0.05, 0) is 17.3 Å². The van der Waals surface area contributed by atoms with Crippen LogP contribution in [0.25, 0.3) is 11.5 Å². The Bertz CT molecular complexity index is 432. The molecule has 0 atom stereocenters. The van der Waals surface area contributed by atoms with Crippen LogP contribution in [0.15, 0.2) is 28.8 Å². The highest BCUT2D eigenvalue weighted by Gasteiger charge is 2.10. The zero-order chi connectivity index (χ0) is 9.26. The second kappa shape index (κ2) is 4.06. The number of benzene rings is 1. The molecule has 74 valence electrons. The van der Waals surface area contributed by atoms with Crippen molar-refractivity contribution in [2.24, 2.45) is 0 Å². The molecule has 1 aromatic carbocycles. The first-order valence-corrected chi connectivity index (χ1v) is 3.61. The van der Waals surface area contributed by atoms with E-state index in [1.165, 1.54) is 6.07 Å². The summed E-state index contributed by atoms with van der Waals surface area (Å²) >= 11 is 0. The van der Waals surface area contributed by atoms with Crippen LogP contribution in [-0.4, -0.2) is 10.1 Å². The highest BCUT2D eigenvalue weighted by atomic mass is 35.5. The standard InChI is InChI=1S/C8H6FN3O.ClH/c9-6-4-2-1-3-5(6)7-11-8(10)12-13-7;/h1-4H,(H2,10,12);1H. The van der Waals surface area contributed by atoms with Gasteiger partial charge in [0.25, 0.3) is 11.8 Å². The minimum Gasteiger partial charge on any atom is -0.365 e. The molecule has 0 spiro atoms. The van der Waals surface area contributed by atoms with Crippen LogP contribution in [0, 0.1) is 5.82 Å². The van der Waals surface area contributed by atoms with Gasteiger partial charge in [-0.2, -0.15) is 4.98 Å². The van der Waals surface area contributed by atoms with Crippen molar-refractivity contribution in [3.63, 3.8) is 0 Å². The van der Waals surface area contributed by atoms with Crippen molar-refractivity contribution in [1.82, 2.24) is 10.1 Å². The zero-order valence-electron chi connectivity index (χ0n) is 6.98. The van der Waals surface area contributed by atoms with Gasteiger partial charge in [-0.1, -0.05) is 12.1 Å². The number of aromatic nitrogens is 2. The Labute approximate surface area is 85.3 Å². The van der Waals surface area contributed by atoms with E-state index < -0.39 is 5.82 Å². The van der Waals surface area contributed by atoms with Crippen LogP contribution in [0.5, 0.6) is 0 Å². The zero-order valence-corrected chi connectivity index (χ0v) is 7.79. The van der Waals surface area contributed by atoms with Crippen molar-refractivity contribution in [3.8, 4) is 11.5 Å². The van der Waals surface area contributed by atoms with Crippen LogP contribution in [-0.2, 0) is 0 Å². The fraction of sp³-hybridized carbons (Fsp3) is 0. The molecule has 0 saturated carbocycles. The van der Waals surface area contributed by atoms with E-state index in [1.807, 2.05) is 0 Å². The molecule has 2 rings (SSSR count). The van der Waals surface area contributed by atoms with E-state index in [-0.39, 0.29) is 29.8 Å². The molecular formula is C8H7ClFN3O. The monoisotopic (exact) mass is 215 g/mol. The summed E-state index contributed by atoms with van der Waals surface area (Å²) in [7, 11) is 0. The lowest BCUT2D eigenvalue weighted by Gasteiger charge is -1.93. The van der Waals surface area contributed by atoms with Crippen LogP contribution in [0.3, 0.4) is 0 Å². The van der Waals surface area contributed by atoms with Crippen LogP contribution >= 0.6 is 12.4 Å². The number of nitrogens with two attached hydrogens (primary N) is 1. The minimum atomic E-state index is -0.411. The molecule has 2 N–H and O–H groups in total. The summed E-state index contributed by atoms with van der Waals surface area (Å²) in [4.78, 5) is 3.70. The van der Waals surface area contributed by atoms with Crippen molar-refractivity contribution in [1.29, 1.82) is 0 Å². The van der Waals surface area contributed by atoms with Crippen LogP contribution in [0.4, 0.5) is 10.3 Å². The van der Waals surface area contributed by atoms with Gasteiger partial charge in [0.15, 0.2) is 0 Å². The molecule has 0 amide bonds. The Balaban J connectivity index is 0.000000980. The average Bonchev–Trinajstić information content (AvgIpc) is 2.53. The average molecular weight is 216 g/mol. The largest absolute Gasteiger partial charge is 0.365 e. The minimum absolute atomic E-state index is 0. The van der Waals surface area contributed by atoms with Gasteiger partial charge < -0.3 is 10.3 Å². The first-order valence-electron chi connectivity index (χ1n) is 3.61. The SMILES string of the molecule is Cl.Nc1noc(-c2ccccc2F)n1. The maximum Gasteiger partial charge on any atom is 0.262 e. The highest BCUT2D eigenvalue weighted by Crippen LogP contribution is 2.20. The molecule has 6 heteroatoms. The molecule has 14 heavy (non-hydrogen) atoms. The molecule has 0 saturated heterocycles. The number of nitrogens with zero attached hydrogens (tertiary/aromatic N) is 2. The second-order valence-electron chi connectivity index (χ2n) is 2.44. The third kappa shape index (κ3) is 1.82. The number of hydrogen-bond acceptors (Lipinski definition) is 4. The third-order valence-corrected chi connectivity index (χ3v) is 1.55. The number of hydrogen-bond donors (Lipinski definition) is 1. The fourth-order valence-corrected chi connectivity index (χ4v) is 0.979. The summed E-state index contributed by atoms with van der Waals surface area (Å²) < 4.78 is 17.8. The number of halogens is 2. The predicted molar refractivity (Wildman–Crippen MR) is 51.4 cm³/mol. The van der Waals surface area contributed by atoms with Crippen molar-refractivity contribution in [2.75, 3.05) is 5.73 Å². The van der Waals surface area contributed by atoms with E-state index in [0.717, 1.165) is 0 Å². The third-order valence-electron chi connectivity index (χ3n) is 1.55. The summed E-state index contributed by atoms with van der Waals surface area (Å²) in [5, 5.41) is 3.36. The number of anilines is 1. The van der Waals surface area contributed by atoms with Gasteiger partial charge in [-0.15, -0.1) is 12.4 Å². The van der Waals surface area contributed by atoms with E-state index >= 15 is 0 Å². The molecular weight excluding hydrogens is 209 g/mol. The maximum absolute atomic E-state index is 13.1. The number of nitrogen functional groups attached to an aromatic ring is 1. The molecule has 0 aliphatic rings. The predicted octanol–water partition coefficient (Wildman–Crippen LogP) is 1.88. The number of rotatable bonds is 1. The Morgan fingerprint density at radius 2 is 2.00 bits per heavy atom. The lowest BCUT2D eigenvalue weighted by Crippen LogP contribution is -1.86. The molecule has 0 aliphatic carbocycles. The van der Waals surface area contributed by atoms with E-state index in [0.29, 0.717) is 0 Å². The van der Waals surface area contributed by atoms with Gasteiger partial charge in [0.1, 0.15) is 5.82 Å². The molecule has 0 bridgehead atoms. The van der Waals surface area contributed by atoms with Gasteiger partial charge in [0.2, 0.25) is 0 Å². The van der Waals surface area contributed by atoms with Crippen molar-refractivity contribution >= 4 is 18.4 Å². The molecule has 2 aromatic rings. The van der Waals surface area contributed by atoms with E-state index in [2.05, 4.69) is 10.1 Å². The van der Waals surface area contributed by atoms with E-state index in [9.17, 15) is 4.39 Å². The molecule has 4 nitrogen and oxygen atoms in total. The Hall–Kier alpha value is -1.62. The van der Waals surface area contributed by atoms with E-state index in [1.54, 1.807) is 18.2 Å². The quantitative estimate of drug-likeness (QED) is 0.789. The molecule has 0 aliphatic heterocycles. The van der Waals surface area contributed by atoms with Crippen LogP contribution in [0.1, 0.15) is 0 Å². The normalized spacial score (nSPS) is 9.50. The van der Waals surface area contributed by atoms with Crippen LogP contribution < -0.4 is 5.73 Å². The van der Waals surface area contributed by atoms with Gasteiger partial charge in [-0.3, -0.25) is 0 Å². The Morgan fingerprint density at radius 3 is 2.57 bits per heavy atom. The first-order chi connectivity index (χ1) is 6.27. The molecule has 1 aromatic heterocycles. The van der Waals surface area contributed by atoms with Crippen molar-refractivity contribution in [2.45, 2.75) is 0 Å². The first kappa shape index (κ1) is 10.5. The molecule has 0 radical (unpaired) electrons. The smallest absolute Gasteiger partial charge is 0.262 e. The topological polar surface area (TPSA) is 64.9 Å². The molecule has 1 heterocycles. The van der Waals surface area contributed by atoms with Gasteiger partial charge in [-0.25, -0.2) is 4.39 Å². The summed E-state index contributed by atoms with van der Waals surface area (Å²) in [6, 6.07) is 6.12. The van der Waals surface area contributed by atoms with Gasteiger partial charge in [0.05, 0.1) is 5.56 Å². The van der Waals surface area contributed by atoms with Crippen LogP contribution in [0.2, 0.25) is 0 Å². The van der Waals surface area contributed by atoms with Gasteiger partial charge >= 0.3 is 0 Å². The maximum atomic E-state index is 13.1. The Kier molecular flexibility index (Phi) is 3.03. The second-order valence-corrected chi connectivity index (χ2v) is 2.44. The lowest BCUT2D eigenvalue weighted by atomic mass is 10.2. The summed E-state index contributed by atoms with van der Waals surface area (Å²) in [5.41, 5.74) is 5.48. The molecule has 0 fully saturated rings. The summed E-state index contributed by atoms with van der Waals surface area (Å²) in [6.45, 7) is 0. The Morgan fingerprint density at radius 1 is 1.29 bits per heavy atom. The highest BCUT2D eigenvalue weighted by molar-refractivity contribution is 5.85. The summed E-state index contributed by atoms with van der Waals surface area (Å²) in [6.07, 6.45) is 0. The fourth-order valence-electron chi connectivity index (χ4n) is 0.979.